The van der Waals surface area contributed by atoms with E-state index in [1.165, 1.54) is 32.1 Å². The molecule has 0 saturated carbocycles. The van der Waals surface area contributed by atoms with Gasteiger partial charge in [0, 0.05) is 13.0 Å². The first-order valence-electron chi connectivity index (χ1n) is 7.69. The summed E-state index contributed by atoms with van der Waals surface area (Å²) in [6.07, 6.45) is 10.8. The van der Waals surface area contributed by atoms with E-state index >= 15 is 0 Å². The predicted octanol–water partition coefficient (Wildman–Crippen LogP) is 3.31. The summed E-state index contributed by atoms with van der Waals surface area (Å²) < 4.78 is 11.0. The van der Waals surface area contributed by atoms with Gasteiger partial charge in [0.25, 0.3) is 0 Å². The topological polar surface area (TPSA) is 38.7 Å². The van der Waals surface area contributed by atoms with E-state index in [1.54, 1.807) is 7.11 Å². The summed E-state index contributed by atoms with van der Waals surface area (Å²) in [5.74, 6) is 0.249. The SMILES string of the molecule is CCCCCCC/C=C/[C@@H]1OC[C@H](C)[C@@H](OC)[C@H]1O. The van der Waals surface area contributed by atoms with Gasteiger partial charge in [-0.2, -0.15) is 0 Å². The molecular weight excluding hydrogens is 240 g/mol. The fourth-order valence-corrected chi connectivity index (χ4v) is 2.62. The number of aliphatic hydroxyl groups is 1. The van der Waals surface area contributed by atoms with Crippen molar-refractivity contribution in [3.63, 3.8) is 0 Å². The lowest BCUT2D eigenvalue weighted by Crippen LogP contribution is -2.49. The minimum absolute atomic E-state index is 0.118. The Morgan fingerprint density at radius 1 is 1.26 bits per heavy atom. The molecule has 3 heteroatoms. The molecule has 4 atom stereocenters. The summed E-state index contributed by atoms with van der Waals surface area (Å²) in [5, 5.41) is 10.2. The van der Waals surface area contributed by atoms with Gasteiger partial charge >= 0.3 is 0 Å². The second-order valence-electron chi connectivity index (χ2n) is 5.60. The van der Waals surface area contributed by atoms with Crippen LogP contribution in [0.15, 0.2) is 12.2 Å². The summed E-state index contributed by atoms with van der Waals surface area (Å²) in [4.78, 5) is 0. The third kappa shape index (κ3) is 5.64. The molecule has 1 saturated heterocycles. The monoisotopic (exact) mass is 270 g/mol. The zero-order valence-electron chi connectivity index (χ0n) is 12.7. The molecule has 1 aliphatic heterocycles. The first kappa shape index (κ1) is 16.7. The van der Waals surface area contributed by atoms with Crippen LogP contribution in [-0.4, -0.2) is 37.1 Å². The number of hydrogen-bond acceptors (Lipinski definition) is 3. The summed E-state index contributed by atoms with van der Waals surface area (Å²) in [6, 6.07) is 0. The van der Waals surface area contributed by atoms with Crippen LogP contribution in [-0.2, 0) is 9.47 Å². The van der Waals surface area contributed by atoms with Gasteiger partial charge in [0.05, 0.1) is 12.7 Å². The average molecular weight is 270 g/mol. The molecule has 3 nitrogen and oxygen atoms in total. The first-order valence-corrected chi connectivity index (χ1v) is 7.69. The Morgan fingerprint density at radius 2 is 2.00 bits per heavy atom. The van der Waals surface area contributed by atoms with Crippen molar-refractivity contribution < 1.29 is 14.6 Å². The summed E-state index contributed by atoms with van der Waals surface area (Å²) >= 11 is 0. The Morgan fingerprint density at radius 3 is 2.68 bits per heavy atom. The van der Waals surface area contributed by atoms with E-state index in [-0.39, 0.29) is 18.1 Å². The number of hydrogen-bond donors (Lipinski definition) is 1. The number of unbranched alkanes of at least 4 members (excludes halogenated alkanes) is 5. The molecule has 0 amide bonds. The van der Waals surface area contributed by atoms with Crippen LogP contribution < -0.4 is 0 Å². The van der Waals surface area contributed by atoms with Gasteiger partial charge in [0.2, 0.25) is 0 Å². The maximum Gasteiger partial charge on any atom is 0.110 e. The molecular formula is C16H30O3. The lowest BCUT2D eigenvalue weighted by molar-refractivity contribution is -0.155. The Labute approximate surface area is 118 Å². The molecule has 0 bridgehead atoms. The number of rotatable bonds is 8. The van der Waals surface area contributed by atoms with Crippen molar-refractivity contribution in [2.45, 2.75) is 70.7 Å². The molecule has 0 radical (unpaired) electrons. The first-order chi connectivity index (χ1) is 9.20. The number of methoxy groups -OCH3 is 1. The number of allylic oxidation sites excluding steroid dienone is 1. The highest BCUT2D eigenvalue weighted by molar-refractivity contribution is 4.99. The zero-order valence-corrected chi connectivity index (χ0v) is 12.7. The van der Waals surface area contributed by atoms with E-state index in [0.717, 1.165) is 6.42 Å². The van der Waals surface area contributed by atoms with Crippen LogP contribution in [0.1, 0.15) is 52.4 Å². The van der Waals surface area contributed by atoms with Gasteiger partial charge in [-0.3, -0.25) is 0 Å². The second kappa shape index (κ2) is 9.51. The van der Waals surface area contributed by atoms with Gasteiger partial charge in [-0.05, 0) is 12.8 Å². The second-order valence-corrected chi connectivity index (χ2v) is 5.60. The smallest absolute Gasteiger partial charge is 0.110 e. The largest absolute Gasteiger partial charge is 0.387 e. The third-order valence-corrected chi connectivity index (χ3v) is 3.86. The molecule has 1 aliphatic rings. The van der Waals surface area contributed by atoms with Crippen LogP contribution in [0.4, 0.5) is 0 Å². The molecule has 1 fully saturated rings. The van der Waals surface area contributed by atoms with E-state index in [2.05, 4.69) is 13.0 Å². The molecule has 0 aromatic heterocycles. The quantitative estimate of drug-likeness (QED) is 0.543. The van der Waals surface area contributed by atoms with Crippen LogP contribution >= 0.6 is 0 Å². The highest BCUT2D eigenvalue weighted by atomic mass is 16.5. The van der Waals surface area contributed by atoms with Crippen LogP contribution in [0.2, 0.25) is 0 Å². The fraction of sp³-hybridized carbons (Fsp3) is 0.875. The summed E-state index contributed by atoms with van der Waals surface area (Å²) in [5.41, 5.74) is 0. The molecule has 0 unspecified atom stereocenters. The standard InChI is InChI=1S/C16H30O3/c1-4-5-6-7-8-9-10-11-14-15(17)16(18-3)13(2)12-19-14/h10-11,13-17H,4-9,12H2,1-3H3/b11-10+/t13-,14-,15-,16+/m0/s1. The molecule has 1 N–H and O–H groups in total. The normalized spacial score (nSPS) is 32.0. The highest BCUT2D eigenvalue weighted by Crippen LogP contribution is 2.23. The lowest BCUT2D eigenvalue weighted by Gasteiger charge is -2.36. The van der Waals surface area contributed by atoms with Gasteiger partial charge in [-0.1, -0.05) is 51.7 Å². The van der Waals surface area contributed by atoms with Crippen molar-refractivity contribution >= 4 is 0 Å². The van der Waals surface area contributed by atoms with Crippen LogP contribution in [0.3, 0.4) is 0 Å². The molecule has 0 aromatic carbocycles. The van der Waals surface area contributed by atoms with Gasteiger partial charge in [-0.25, -0.2) is 0 Å². The third-order valence-electron chi connectivity index (χ3n) is 3.86. The fourth-order valence-electron chi connectivity index (χ4n) is 2.62. The molecule has 112 valence electrons. The number of aliphatic hydroxyl groups excluding tert-OH is 1. The van der Waals surface area contributed by atoms with Crippen LogP contribution in [0.25, 0.3) is 0 Å². The minimum atomic E-state index is -0.551. The van der Waals surface area contributed by atoms with Gasteiger partial charge in [-0.15, -0.1) is 0 Å². The lowest BCUT2D eigenvalue weighted by atomic mass is 9.93. The van der Waals surface area contributed by atoms with E-state index in [0.29, 0.717) is 6.61 Å². The van der Waals surface area contributed by atoms with E-state index in [9.17, 15) is 5.11 Å². The molecule has 0 aliphatic carbocycles. The average Bonchev–Trinajstić information content (AvgIpc) is 2.40. The Kier molecular flexibility index (Phi) is 8.35. The highest BCUT2D eigenvalue weighted by Gasteiger charge is 2.35. The number of ether oxygens (including phenoxy) is 2. The molecule has 0 spiro atoms. The molecule has 19 heavy (non-hydrogen) atoms. The van der Waals surface area contributed by atoms with E-state index in [1.807, 2.05) is 13.0 Å². The summed E-state index contributed by atoms with van der Waals surface area (Å²) in [7, 11) is 1.66. The van der Waals surface area contributed by atoms with Crippen molar-refractivity contribution in [1.82, 2.24) is 0 Å². The van der Waals surface area contributed by atoms with E-state index in [4.69, 9.17) is 9.47 Å². The van der Waals surface area contributed by atoms with Crippen molar-refractivity contribution in [3.05, 3.63) is 12.2 Å². The van der Waals surface area contributed by atoms with Crippen LogP contribution in [0.5, 0.6) is 0 Å². The van der Waals surface area contributed by atoms with Crippen LogP contribution in [0, 0.1) is 5.92 Å². The van der Waals surface area contributed by atoms with E-state index < -0.39 is 6.10 Å². The summed E-state index contributed by atoms with van der Waals surface area (Å²) in [6.45, 7) is 4.93. The molecule has 0 aromatic rings. The van der Waals surface area contributed by atoms with Gasteiger partial charge < -0.3 is 14.6 Å². The van der Waals surface area contributed by atoms with Crippen molar-refractivity contribution in [3.8, 4) is 0 Å². The molecule has 1 rings (SSSR count). The maximum atomic E-state index is 10.2. The Hall–Kier alpha value is -0.380. The minimum Gasteiger partial charge on any atom is -0.387 e. The Bertz CT molecular complexity index is 252. The van der Waals surface area contributed by atoms with Crippen molar-refractivity contribution in [1.29, 1.82) is 0 Å². The zero-order chi connectivity index (χ0) is 14.1. The predicted molar refractivity (Wildman–Crippen MR) is 78.2 cm³/mol. The maximum absolute atomic E-state index is 10.2. The van der Waals surface area contributed by atoms with Gasteiger partial charge in [0.1, 0.15) is 12.2 Å². The van der Waals surface area contributed by atoms with Crippen molar-refractivity contribution in [2.75, 3.05) is 13.7 Å². The van der Waals surface area contributed by atoms with Gasteiger partial charge in [0.15, 0.2) is 0 Å². The molecule has 1 heterocycles. The Balaban J connectivity index is 2.24. The van der Waals surface area contributed by atoms with Crippen molar-refractivity contribution in [2.24, 2.45) is 5.92 Å².